The van der Waals surface area contributed by atoms with Crippen molar-refractivity contribution in [1.82, 2.24) is 0 Å². The van der Waals surface area contributed by atoms with Gasteiger partial charge in [0.2, 0.25) is 0 Å². The Hall–Kier alpha value is -1.71. The van der Waals surface area contributed by atoms with E-state index in [0.717, 1.165) is 6.26 Å². The SMILES string of the molecule is CC(O)(CS(C)(=O)=O)[C@H]1OC(=O)C=C2[C@@]13O[C@@H]3[C@H]1OC(=O)[C@@]3(C)C=CC[C@@]2(C)[C@@H]13. The molecule has 0 aromatic carbocycles. The Bertz CT molecular complexity index is 1010. The highest BCUT2D eigenvalue weighted by Crippen LogP contribution is 2.72. The van der Waals surface area contributed by atoms with Crippen LogP contribution in [-0.2, 0) is 33.6 Å². The summed E-state index contributed by atoms with van der Waals surface area (Å²) < 4.78 is 41.2. The van der Waals surface area contributed by atoms with Gasteiger partial charge in [0.15, 0.2) is 11.7 Å². The number of fused-ring (bicyclic) bond motifs is 2. The van der Waals surface area contributed by atoms with E-state index < -0.39 is 61.9 Å². The number of esters is 2. The lowest BCUT2D eigenvalue weighted by atomic mass is 9.49. The fourth-order valence-corrected chi connectivity index (χ4v) is 7.72. The van der Waals surface area contributed by atoms with Crippen LogP contribution in [0.3, 0.4) is 0 Å². The Morgan fingerprint density at radius 2 is 1.97 bits per heavy atom. The van der Waals surface area contributed by atoms with Crippen LogP contribution < -0.4 is 0 Å². The molecule has 1 N–H and O–H groups in total. The molecular weight excluding hydrogens is 400 g/mol. The van der Waals surface area contributed by atoms with Gasteiger partial charge in [-0.3, -0.25) is 4.79 Å². The van der Waals surface area contributed by atoms with Crippen molar-refractivity contribution < 1.29 is 37.3 Å². The number of aliphatic hydroxyl groups is 1. The molecule has 0 radical (unpaired) electrons. The lowest BCUT2D eigenvalue weighted by molar-refractivity contribution is -0.168. The van der Waals surface area contributed by atoms with E-state index in [1.807, 2.05) is 26.0 Å². The van der Waals surface area contributed by atoms with Crippen molar-refractivity contribution in [3.8, 4) is 0 Å². The summed E-state index contributed by atoms with van der Waals surface area (Å²) in [5.74, 6) is -1.82. The molecule has 0 amide bonds. The quantitative estimate of drug-likeness (QED) is 0.390. The molecule has 1 unspecified atom stereocenters. The summed E-state index contributed by atoms with van der Waals surface area (Å²) in [5.41, 5.74) is -3.89. The van der Waals surface area contributed by atoms with Crippen LogP contribution in [0.1, 0.15) is 27.2 Å². The van der Waals surface area contributed by atoms with Crippen LogP contribution in [0.15, 0.2) is 23.8 Å². The molecule has 3 aliphatic heterocycles. The van der Waals surface area contributed by atoms with E-state index in [-0.39, 0.29) is 11.9 Å². The first-order valence-corrected chi connectivity index (χ1v) is 11.7. The molecule has 29 heavy (non-hydrogen) atoms. The number of epoxide rings is 1. The van der Waals surface area contributed by atoms with Crippen LogP contribution in [0.4, 0.5) is 0 Å². The molecule has 2 aliphatic carbocycles. The van der Waals surface area contributed by atoms with Gasteiger partial charge in [0.05, 0.1) is 11.2 Å². The van der Waals surface area contributed by atoms with E-state index in [4.69, 9.17) is 14.2 Å². The van der Waals surface area contributed by atoms with Gasteiger partial charge in [-0.15, -0.1) is 0 Å². The maximum Gasteiger partial charge on any atom is 0.331 e. The monoisotopic (exact) mass is 424 g/mol. The zero-order valence-corrected chi connectivity index (χ0v) is 17.5. The predicted molar refractivity (Wildman–Crippen MR) is 99.2 cm³/mol. The maximum absolute atomic E-state index is 12.7. The second-order valence-electron chi connectivity index (χ2n) is 9.79. The van der Waals surface area contributed by atoms with Gasteiger partial charge in [0.1, 0.15) is 27.6 Å². The van der Waals surface area contributed by atoms with Crippen LogP contribution in [0, 0.1) is 16.7 Å². The minimum Gasteiger partial charge on any atom is -0.458 e. The zero-order chi connectivity index (χ0) is 21.2. The molecule has 5 rings (SSSR count). The van der Waals surface area contributed by atoms with E-state index in [9.17, 15) is 23.1 Å². The van der Waals surface area contributed by atoms with E-state index in [1.54, 1.807) is 0 Å². The average molecular weight is 424 g/mol. The molecule has 1 spiro atoms. The van der Waals surface area contributed by atoms with Crippen molar-refractivity contribution >= 4 is 21.8 Å². The van der Waals surface area contributed by atoms with Crippen molar-refractivity contribution in [3.05, 3.63) is 23.8 Å². The lowest BCUT2D eigenvalue weighted by Gasteiger charge is -2.53. The first-order chi connectivity index (χ1) is 13.3. The van der Waals surface area contributed by atoms with Crippen LogP contribution in [-0.4, -0.2) is 67.0 Å². The largest absolute Gasteiger partial charge is 0.458 e. The Kier molecular flexibility index (Phi) is 3.40. The van der Waals surface area contributed by atoms with Crippen LogP contribution in [0.25, 0.3) is 0 Å². The topological polar surface area (TPSA) is 120 Å². The van der Waals surface area contributed by atoms with Crippen molar-refractivity contribution in [1.29, 1.82) is 0 Å². The van der Waals surface area contributed by atoms with Crippen LogP contribution >= 0.6 is 0 Å². The highest BCUT2D eigenvalue weighted by molar-refractivity contribution is 7.90. The Balaban J connectivity index is 1.67. The second-order valence-corrected chi connectivity index (χ2v) is 11.9. The average Bonchev–Trinajstić information content (AvgIpc) is 3.21. The molecule has 8 nitrogen and oxygen atoms in total. The van der Waals surface area contributed by atoms with Gasteiger partial charge in [-0.1, -0.05) is 19.1 Å². The normalized spacial score (nSPS) is 49.1. The van der Waals surface area contributed by atoms with E-state index >= 15 is 0 Å². The number of hydrogen-bond donors (Lipinski definition) is 1. The third kappa shape index (κ3) is 2.24. The number of carbonyl (C=O) groups excluding carboxylic acids is 2. The second kappa shape index (κ2) is 5.12. The highest BCUT2D eigenvalue weighted by Gasteiger charge is 2.84. The van der Waals surface area contributed by atoms with Gasteiger partial charge < -0.3 is 19.3 Å². The molecule has 5 aliphatic rings. The van der Waals surface area contributed by atoms with E-state index in [1.165, 1.54) is 13.0 Å². The van der Waals surface area contributed by atoms with E-state index in [0.29, 0.717) is 12.0 Å². The third-order valence-corrected chi connectivity index (χ3v) is 8.49. The van der Waals surface area contributed by atoms with Gasteiger partial charge in [-0.2, -0.15) is 0 Å². The van der Waals surface area contributed by atoms with Crippen molar-refractivity contribution in [2.45, 2.75) is 56.7 Å². The molecule has 158 valence electrons. The van der Waals surface area contributed by atoms with Crippen LogP contribution in [0.5, 0.6) is 0 Å². The molecule has 3 heterocycles. The van der Waals surface area contributed by atoms with Crippen molar-refractivity contribution in [3.63, 3.8) is 0 Å². The third-order valence-electron chi connectivity index (χ3n) is 7.38. The first-order valence-electron chi connectivity index (χ1n) is 9.66. The summed E-state index contributed by atoms with van der Waals surface area (Å²) in [6.07, 6.45) is 4.37. The number of allylic oxidation sites excluding steroid dienone is 1. The van der Waals surface area contributed by atoms with Gasteiger partial charge in [0, 0.05) is 23.7 Å². The lowest BCUT2D eigenvalue weighted by Crippen LogP contribution is -2.64. The standard InChI is InChI=1S/C20H24O8S/c1-17-6-5-7-18(2)13(17)12(27-16(18)22)14-20(28-14)10(17)8-11(21)26-15(20)19(3,23)9-29(4,24)25/h5,7-8,12-15,23H,6,9H2,1-4H3/t12-,13+,14+,15+,17+,18-,19?,20-/m0/s1. The highest BCUT2D eigenvalue weighted by atomic mass is 32.2. The summed E-state index contributed by atoms with van der Waals surface area (Å²) in [4.78, 5) is 25.2. The van der Waals surface area contributed by atoms with E-state index in [2.05, 4.69) is 0 Å². The number of hydrogen-bond acceptors (Lipinski definition) is 8. The number of ether oxygens (including phenoxy) is 3. The summed E-state index contributed by atoms with van der Waals surface area (Å²) in [5, 5.41) is 11.1. The fraction of sp³-hybridized carbons (Fsp3) is 0.700. The smallest absolute Gasteiger partial charge is 0.331 e. The summed E-state index contributed by atoms with van der Waals surface area (Å²) in [6, 6.07) is 0. The molecule has 0 aromatic rings. The number of rotatable bonds is 3. The summed E-state index contributed by atoms with van der Waals surface area (Å²) in [6.45, 7) is 5.14. The maximum atomic E-state index is 12.7. The fourth-order valence-electron chi connectivity index (χ4n) is 6.50. The Morgan fingerprint density at radius 1 is 1.28 bits per heavy atom. The van der Waals surface area contributed by atoms with Gasteiger partial charge in [-0.05, 0) is 25.8 Å². The van der Waals surface area contributed by atoms with Crippen molar-refractivity contribution in [2.24, 2.45) is 16.7 Å². The predicted octanol–water partition coefficient (Wildman–Crippen LogP) is 0.299. The molecule has 8 atom stereocenters. The molecule has 0 aromatic heterocycles. The molecular formula is C20H24O8S. The first kappa shape index (κ1) is 19.3. The number of cyclic esters (lactones) is 1. The molecule has 3 fully saturated rings. The summed E-state index contributed by atoms with van der Waals surface area (Å²) in [7, 11) is -3.58. The number of carbonyl (C=O) groups is 2. The minimum atomic E-state index is -3.58. The Morgan fingerprint density at radius 3 is 2.62 bits per heavy atom. The Labute approximate surface area is 168 Å². The molecule has 9 heteroatoms. The van der Waals surface area contributed by atoms with Gasteiger partial charge >= 0.3 is 11.9 Å². The minimum absolute atomic E-state index is 0.231. The molecule has 1 saturated carbocycles. The number of sulfone groups is 1. The van der Waals surface area contributed by atoms with Gasteiger partial charge in [-0.25, -0.2) is 13.2 Å². The van der Waals surface area contributed by atoms with Crippen LogP contribution in [0.2, 0.25) is 0 Å². The van der Waals surface area contributed by atoms with Crippen molar-refractivity contribution in [2.75, 3.05) is 12.0 Å². The summed E-state index contributed by atoms with van der Waals surface area (Å²) >= 11 is 0. The molecule has 2 saturated heterocycles. The van der Waals surface area contributed by atoms with Gasteiger partial charge in [0.25, 0.3) is 0 Å². The zero-order valence-electron chi connectivity index (χ0n) is 16.7. The molecule has 0 bridgehead atoms.